The largest absolute Gasteiger partial charge is 0.481 e. The van der Waals surface area contributed by atoms with Gasteiger partial charge in [-0.3, -0.25) is 24.0 Å². The van der Waals surface area contributed by atoms with Crippen LogP contribution in [0.1, 0.15) is 115 Å². The average molecular weight is 634 g/mol. The summed E-state index contributed by atoms with van der Waals surface area (Å²) in [6.07, 6.45) is 2.55. The number of hydrogen-bond donors (Lipinski definition) is 2. The van der Waals surface area contributed by atoms with Gasteiger partial charge in [-0.25, -0.2) is 0 Å². The second kappa shape index (κ2) is 14.8. The minimum absolute atomic E-state index is 0.0197. The Bertz CT molecular complexity index is 1260. The molecule has 45 heavy (non-hydrogen) atoms. The van der Waals surface area contributed by atoms with Gasteiger partial charge in [-0.15, -0.1) is 10.1 Å². The Kier molecular flexibility index (Phi) is 11.7. The third kappa shape index (κ3) is 9.24. The van der Waals surface area contributed by atoms with Crippen LogP contribution in [0.4, 0.5) is 0 Å². The molecule has 13 heteroatoms. The molecule has 0 amide bonds. The molecule has 248 valence electrons. The summed E-state index contributed by atoms with van der Waals surface area (Å²) in [5.41, 5.74) is 0.164. The topological polar surface area (TPSA) is 197 Å². The van der Waals surface area contributed by atoms with E-state index in [0.29, 0.717) is 30.4 Å². The maximum Gasteiger partial charge on any atom is 0.311 e. The van der Waals surface area contributed by atoms with Gasteiger partial charge < -0.3 is 24.5 Å². The Hall–Kier alpha value is -4.03. The Morgan fingerprint density at radius 1 is 0.933 bits per heavy atom. The lowest BCUT2D eigenvalue weighted by atomic mass is 9.44. The molecule has 1 aromatic rings. The van der Waals surface area contributed by atoms with Crippen molar-refractivity contribution >= 4 is 29.7 Å². The number of rotatable bonds is 18. The average Bonchev–Trinajstić information content (AvgIpc) is 2.93. The van der Waals surface area contributed by atoms with E-state index >= 15 is 0 Å². The molecule has 0 radical (unpaired) electrons. The van der Waals surface area contributed by atoms with Crippen LogP contribution in [0.15, 0.2) is 12.1 Å². The molecule has 0 saturated heterocycles. The minimum Gasteiger partial charge on any atom is -0.481 e. The summed E-state index contributed by atoms with van der Waals surface area (Å²) in [6, 6.07) is 3.38. The number of esters is 2. The van der Waals surface area contributed by atoms with E-state index in [2.05, 4.69) is 4.84 Å². The zero-order valence-electron chi connectivity index (χ0n) is 26.3. The highest BCUT2D eigenvalue weighted by atomic mass is 16.9. The first kappa shape index (κ1) is 35.4. The summed E-state index contributed by atoms with van der Waals surface area (Å²) >= 11 is 0. The fourth-order valence-corrected chi connectivity index (χ4v) is 6.59. The Balaban J connectivity index is 2.00. The lowest BCUT2D eigenvalue weighted by Gasteiger charge is -2.59. The second-order valence-corrected chi connectivity index (χ2v) is 13.2. The van der Waals surface area contributed by atoms with E-state index in [-0.39, 0.29) is 47.6 Å². The summed E-state index contributed by atoms with van der Waals surface area (Å²) in [6.45, 7) is 7.97. The highest BCUT2D eigenvalue weighted by Crippen LogP contribution is 2.64. The number of Topliss-reactive ketones (excluding diaryl/α,β-unsaturated/α-hetero) is 1. The van der Waals surface area contributed by atoms with Gasteiger partial charge in [0.15, 0.2) is 0 Å². The maximum absolute atomic E-state index is 13.1. The molecule has 3 atom stereocenters. The molecule has 3 aliphatic carbocycles. The highest BCUT2D eigenvalue weighted by molar-refractivity contribution is 5.87. The predicted molar refractivity (Wildman–Crippen MR) is 158 cm³/mol. The molecule has 3 aliphatic rings. The van der Waals surface area contributed by atoms with E-state index < -0.39 is 66.0 Å². The van der Waals surface area contributed by atoms with Gasteiger partial charge in [0.05, 0.1) is 32.3 Å². The van der Waals surface area contributed by atoms with Gasteiger partial charge in [0.2, 0.25) is 0 Å². The van der Waals surface area contributed by atoms with Crippen LogP contribution < -0.4 is 9.47 Å². The molecule has 4 rings (SSSR count). The number of unbranched alkanes of at least 4 members (excludes halogenated alkanes) is 3. The maximum atomic E-state index is 13.1. The summed E-state index contributed by atoms with van der Waals surface area (Å²) in [7, 11) is 0. The van der Waals surface area contributed by atoms with Crippen molar-refractivity contribution in [1.29, 1.82) is 0 Å². The standard InChI is InChI=1S/C32H43NO12/c1-31(2,13-7-5-6-8-14-43-33(41)42)19-15-24(44-28(39)11-9-26(35)36)30(25(16-19)45-29(40)12-10-27(37)38)20-17-23(34)22-18-21(20)32(22,3)4/h15-16,20-22H,5-14,17-18H2,1-4H3,(H,35,36)(H,37,38)/t20-,21-,22+/m0/s1. The molecule has 1 aromatic carbocycles. The molecule has 2 bridgehead atoms. The van der Waals surface area contributed by atoms with Crippen LogP contribution in [0.5, 0.6) is 11.5 Å². The molecule has 0 aliphatic heterocycles. The van der Waals surface area contributed by atoms with Crippen LogP contribution >= 0.6 is 0 Å². The number of carboxylic acids is 2. The van der Waals surface area contributed by atoms with E-state index in [1.54, 1.807) is 12.1 Å². The molecular weight excluding hydrogens is 590 g/mol. The van der Waals surface area contributed by atoms with Gasteiger partial charge in [0.25, 0.3) is 5.09 Å². The summed E-state index contributed by atoms with van der Waals surface area (Å²) < 4.78 is 11.6. The van der Waals surface area contributed by atoms with Crippen molar-refractivity contribution in [1.82, 2.24) is 0 Å². The van der Waals surface area contributed by atoms with Crippen molar-refractivity contribution in [2.45, 2.75) is 110 Å². The number of ether oxygens (including phenoxy) is 2. The monoisotopic (exact) mass is 633 g/mol. The van der Waals surface area contributed by atoms with Crippen LogP contribution in [0.2, 0.25) is 0 Å². The first-order chi connectivity index (χ1) is 21.0. The number of carbonyl (C=O) groups is 5. The van der Waals surface area contributed by atoms with Crippen LogP contribution in [0.25, 0.3) is 0 Å². The van der Waals surface area contributed by atoms with E-state index in [1.807, 2.05) is 27.7 Å². The zero-order valence-corrected chi connectivity index (χ0v) is 26.3. The van der Waals surface area contributed by atoms with Crippen molar-refractivity contribution in [3.8, 4) is 11.5 Å². The SMILES string of the molecule is CC(C)(CCCCCCO[N+](=O)[O-])c1cc(OC(=O)CCC(=O)O)c([C@H]2CC(=O)[C@H]3C[C@@H]2C3(C)C)c(OC(=O)CCC(=O)O)c1. The van der Waals surface area contributed by atoms with Crippen LogP contribution in [-0.4, -0.2) is 51.6 Å². The smallest absolute Gasteiger partial charge is 0.311 e. The predicted octanol–water partition coefficient (Wildman–Crippen LogP) is 5.38. The molecule has 0 unspecified atom stereocenters. The van der Waals surface area contributed by atoms with Crippen molar-refractivity contribution in [2.24, 2.45) is 17.3 Å². The van der Waals surface area contributed by atoms with Gasteiger partial charge in [-0.05, 0) is 53.7 Å². The van der Waals surface area contributed by atoms with E-state index in [9.17, 15) is 34.1 Å². The Morgan fingerprint density at radius 2 is 1.47 bits per heavy atom. The first-order valence-electron chi connectivity index (χ1n) is 15.4. The van der Waals surface area contributed by atoms with E-state index in [0.717, 1.165) is 19.3 Å². The number of carboxylic acid groups (broad SMARTS) is 2. The Labute approximate surface area is 261 Å². The van der Waals surface area contributed by atoms with Crippen molar-refractivity contribution in [3.05, 3.63) is 33.4 Å². The molecule has 0 heterocycles. The molecule has 0 aromatic heterocycles. The summed E-state index contributed by atoms with van der Waals surface area (Å²) in [5.74, 6) is -4.19. The lowest BCUT2D eigenvalue weighted by molar-refractivity contribution is -0.757. The number of carbonyl (C=O) groups excluding carboxylic acids is 3. The first-order valence-corrected chi connectivity index (χ1v) is 15.4. The van der Waals surface area contributed by atoms with E-state index in [1.165, 1.54) is 0 Å². The fraction of sp³-hybridized carbons (Fsp3) is 0.656. The minimum atomic E-state index is -1.17. The van der Waals surface area contributed by atoms with Gasteiger partial charge in [-0.1, -0.05) is 47.0 Å². The molecular formula is C32H43NO12. The quantitative estimate of drug-likeness (QED) is 0.0689. The highest BCUT2D eigenvalue weighted by Gasteiger charge is 2.59. The number of ketones is 1. The molecule has 2 N–H and O–H groups in total. The molecule has 3 saturated carbocycles. The van der Waals surface area contributed by atoms with Crippen molar-refractivity contribution in [3.63, 3.8) is 0 Å². The van der Waals surface area contributed by atoms with Crippen molar-refractivity contribution in [2.75, 3.05) is 6.61 Å². The van der Waals surface area contributed by atoms with Gasteiger partial charge in [0.1, 0.15) is 17.3 Å². The van der Waals surface area contributed by atoms with Gasteiger partial charge in [0, 0.05) is 23.8 Å². The fourth-order valence-electron chi connectivity index (χ4n) is 6.59. The number of aliphatic carboxylic acids is 2. The van der Waals surface area contributed by atoms with Gasteiger partial charge in [-0.2, -0.15) is 0 Å². The number of nitrogens with zero attached hydrogens (tertiary/aromatic N) is 1. The normalized spacial score (nSPS) is 20.1. The lowest BCUT2D eigenvalue weighted by Crippen LogP contribution is -2.56. The summed E-state index contributed by atoms with van der Waals surface area (Å²) in [5, 5.41) is 27.7. The van der Waals surface area contributed by atoms with Crippen molar-refractivity contribution < 1.29 is 53.6 Å². The van der Waals surface area contributed by atoms with Crippen LogP contribution in [0.3, 0.4) is 0 Å². The second-order valence-electron chi connectivity index (χ2n) is 13.2. The zero-order chi connectivity index (χ0) is 33.5. The van der Waals surface area contributed by atoms with E-state index in [4.69, 9.17) is 19.7 Å². The number of hydrogen-bond acceptors (Lipinski definition) is 10. The third-order valence-electron chi connectivity index (χ3n) is 9.32. The van der Waals surface area contributed by atoms with Crippen LogP contribution in [0, 0.1) is 27.4 Å². The molecule has 3 fully saturated rings. The number of benzene rings is 1. The molecule has 13 nitrogen and oxygen atoms in total. The number of fused-ring (bicyclic) bond motifs is 2. The summed E-state index contributed by atoms with van der Waals surface area (Å²) in [4.78, 5) is 75.8. The Morgan fingerprint density at radius 3 is 1.93 bits per heavy atom. The third-order valence-corrected chi connectivity index (χ3v) is 9.32. The van der Waals surface area contributed by atoms with Gasteiger partial charge >= 0.3 is 23.9 Å². The molecule has 0 spiro atoms. The van der Waals surface area contributed by atoms with Crippen LogP contribution in [-0.2, 0) is 34.2 Å².